The lowest BCUT2D eigenvalue weighted by atomic mass is 9.92. The van der Waals surface area contributed by atoms with E-state index < -0.39 is 0 Å². The third-order valence-corrected chi connectivity index (χ3v) is 3.40. The smallest absolute Gasteiger partial charge is 0.0556 e. The largest absolute Gasteiger partial charge is 0.395 e. The van der Waals surface area contributed by atoms with Crippen molar-refractivity contribution >= 4 is 11.8 Å². The molecule has 0 fully saturated rings. The quantitative estimate of drug-likeness (QED) is 0.737. The van der Waals surface area contributed by atoms with Crippen molar-refractivity contribution in [3.8, 4) is 0 Å². The Morgan fingerprint density at radius 2 is 1.78 bits per heavy atom. The van der Waals surface area contributed by atoms with Crippen LogP contribution in [0.5, 0.6) is 0 Å². The lowest BCUT2D eigenvalue weighted by Gasteiger charge is -2.27. The summed E-state index contributed by atoms with van der Waals surface area (Å²) in [6.07, 6.45) is 4.13. The highest BCUT2D eigenvalue weighted by molar-refractivity contribution is 6.09. The van der Waals surface area contributed by atoms with Crippen LogP contribution < -0.4 is 5.32 Å². The molecule has 0 aliphatic rings. The highest BCUT2D eigenvalue weighted by Crippen LogP contribution is 2.23. The molecule has 0 heterocycles. The second-order valence-electron chi connectivity index (χ2n) is 6.11. The first-order valence-electron chi connectivity index (χ1n) is 8.51. The maximum absolute atomic E-state index is 8.95. The van der Waals surface area contributed by atoms with Crippen molar-refractivity contribution in [3.63, 3.8) is 0 Å². The Bertz CT molecular complexity index is 485. The summed E-state index contributed by atoms with van der Waals surface area (Å²) < 4.78 is 0. The summed E-state index contributed by atoms with van der Waals surface area (Å²) in [5.41, 5.74) is 3.38. The molecular formula is C20H34N2O. The molecule has 0 atom stereocenters. The molecule has 0 saturated heterocycles. The molecule has 23 heavy (non-hydrogen) atoms. The molecule has 1 aromatic rings. The van der Waals surface area contributed by atoms with Gasteiger partial charge in [-0.25, -0.2) is 0 Å². The number of aliphatic imine (C=N–C) groups is 1. The molecule has 1 rings (SSSR count). The molecule has 1 aromatic carbocycles. The molecule has 0 aliphatic carbocycles. The Labute approximate surface area is 142 Å². The van der Waals surface area contributed by atoms with Crippen LogP contribution >= 0.6 is 0 Å². The average molecular weight is 319 g/mol. The van der Waals surface area contributed by atoms with Gasteiger partial charge in [-0.1, -0.05) is 58.0 Å². The second-order valence-corrected chi connectivity index (χ2v) is 6.11. The fourth-order valence-corrected chi connectivity index (χ4v) is 2.26. The number of aliphatic hydroxyl groups is 1. The van der Waals surface area contributed by atoms with Gasteiger partial charge in [0.05, 0.1) is 6.61 Å². The standard InChI is InChI=1S/C18H28N2O.C2H6/c1-14(2)12-16(13-19-5)15-6-8-17(9-7-15)18(3,4)20-10-11-21;1-2/h6-9,12-14,20-21H,10-11H2,1-5H3;1-2H3/b16-12+,19-13?;. The minimum atomic E-state index is -0.151. The van der Waals surface area contributed by atoms with Gasteiger partial charge in [-0.15, -0.1) is 0 Å². The van der Waals surface area contributed by atoms with E-state index in [1.54, 1.807) is 7.05 Å². The van der Waals surface area contributed by atoms with Crippen LogP contribution in [-0.2, 0) is 5.54 Å². The first-order chi connectivity index (χ1) is 10.9. The van der Waals surface area contributed by atoms with Crippen molar-refractivity contribution < 1.29 is 5.11 Å². The number of aliphatic hydroxyl groups excluding tert-OH is 1. The van der Waals surface area contributed by atoms with Gasteiger partial charge in [0.25, 0.3) is 0 Å². The van der Waals surface area contributed by atoms with Crippen LogP contribution in [0.15, 0.2) is 35.3 Å². The average Bonchev–Trinajstić information content (AvgIpc) is 2.54. The predicted molar refractivity (Wildman–Crippen MR) is 103 cm³/mol. The van der Waals surface area contributed by atoms with Crippen LogP contribution in [0, 0.1) is 5.92 Å². The van der Waals surface area contributed by atoms with E-state index in [1.807, 2.05) is 20.1 Å². The third kappa shape index (κ3) is 7.58. The molecule has 130 valence electrons. The first kappa shape index (κ1) is 21.6. The number of allylic oxidation sites excluding steroid dienone is 2. The summed E-state index contributed by atoms with van der Waals surface area (Å²) in [7, 11) is 1.80. The number of hydrogen-bond donors (Lipinski definition) is 2. The molecule has 0 radical (unpaired) electrons. The van der Waals surface area contributed by atoms with E-state index in [0.717, 1.165) is 5.57 Å². The molecule has 0 aliphatic heterocycles. The molecule has 0 unspecified atom stereocenters. The summed E-state index contributed by atoms with van der Waals surface area (Å²) in [5.74, 6) is 0.486. The van der Waals surface area contributed by atoms with Crippen LogP contribution in [0.1, 0.15) is 52.7 Å². The van der Waals surface area contributed by atoms with Crippen molar-refractivity contribution in [1.82, 2.24) is 5.32 Å². The zero-order valence-corrected chi connectivity index (χ0v) is 15.9. The third-order valence-electron chi connectivity index (χ3n) is 3.40. The molecule has 3 heteroatoms. The van der Waals surface area contributed by atoms with Crippen LogP contribution in [0.4, 0.5) is 0 Å². The number of nitrogens with zero attached hydrogens (tertiary/aromatic N) is 1. The summed E-state index contributed by atoms with van der Waals surface area (Å²) in [6, 6.07) is 8.54. The molecular weight excluding hydrogens is 284 g/mol. The molecule has 0 spiro atoms. The number of rotatable bonds is 7. The van der Waals surface area contributed by atoms with Gasteiger partial charge in [-0.3, -0.25) is 4.99 Å². The summed E-state index contributed by atoms with van der Waals surface area (Å²) in [4.78, 5) is 4.14. The van der Waals surface area contributed by atoms with E-state index in [0.29, 0.717) is 12.5 Å². The van der Waals surface area contributed by atoms with Gasteiger partial charge in [-0.05, 0) is 36.5 Å². The molecule has 0 amide bonds. The Kier molecular flexibility index (Phi) is 10.4. The lowest BCUT2D eigenvalue weighted by molar-refractivity contribution is 0.267. The fraction of sp³-hybridized carbons (Fsp3) is 0.550. The predicted octanol–water partition coefficient (Wildman–Crippen LogP) is 4.27. The summed E-state index contributed by atoms with van der Waals surface area (Å²) in [5, 5.41) is 12.3. The molecule has 3 nitrogen and oxygen atoms in total. The number of benzene rings is 1. The molecule has 0 bridgehead atoms. The topological polar surface area (TPSA) is 44.6 Å². The van der Waals surface area contributed by atoms with Crippen LogP contribution in [-0.4, -0.2) is 31.5 Å². The van der Waals surface area contributed by atoms with E-state index in [2.05, 4.69) is 68.3 Å². The molecule has 0 saturated carbocycles. The van der Waals surface area contributed by atoms with Crippen molar-refractivity contribution in [2.24, 2.45) is 10.9 Å². The Morgan fingerprint density at radius 1 is 1.22 bits per heavy atom. The molecule has 0 aromatic heterocycles. The van der Waals surface area contributed by atoms with Gasteiger partial charge in [0.1, 0.15) is 0 Å². The lowest BCUT2D eigenvalue weighted by Crippen LogP contribution is -2.38. The minimum absolute atomic E-state index is 0.149. The Balaban J connectivity index is 0.00000232. The highest BCUT2D eigenvalue weighted by atomic mass is 16.3. The second kappa shape index (κ2) is 11.1. The first-order valence-corrected chi connectivity index (χ1v) is 8.51. The van der Waals surface area contributed by atoms with Gasteiger partial charge in [0, 0.05) is 25.3 Å². The summed E-state index contributed by atoms with van der Waals surface area (Å²) in [6.45, 7) is 13.3. The Hall–Kier alpha value is -1.45. The van der Waals surface area contributed by atoms with Gasteiger partial charge in [0.2, 0.25) is 0 Å². The van der Waals surface area contributed by atoms with Crippen LogP contribution in [0.3, 0.4) is 0 Å². The van der Waals surface area contributed by atoms with Crippen molar-refractivity contribution in [2.45, 2.75) is 47.1 Å². The number of hydrogen-bond acceptors (Lipinski definition) is 3. The van der Waals surface area contributed by atoms with E-state index in [-0.39, 0.29) is 12.1 Å². The minimum Gasteiger partial charge on any atom is -0.395 e. The zero-order valence-electron chi connectivity index (χ0n) is 15.9. The van der Waals surface area contributed by atoms with Gasteiger partial charge < -0.3 is 10.4 Å². The van der Waals surface area contributed by atoms with E-state index in [4.69, 9.17) is 5.11 Å². The van der Waals surface area contributed by atoms with Crippen molar-refractivity contribution in [2.75, 3.05) is 20.2 Å². The number of nitrogens with one attached hydrogen (secondary N) is 1. The maximum atomic E-state index is 8.95. The van der Waals surface area contributed by atoms with Gasteiger partial charge >= 0.3 is 0 Å². The zero-order chi connectivity index (χ0) is 17.9. The van der Waals surface area contributed by atoms with Gasteiger partial charge in [-0.2, -0.15) is 0 Å². The highest BCUT2D eigenvalue weighted by Gasteiger charge is 2.19. The van der Waals surface area contributed by atoms with Crippen LogP contribution in [0.25, 0.3) is 5.57 Å². The van der Waals surface area contributed by atoms with Gasteiger partial charge in [0.15, 0.2) is 0 Å². The van der Waals surface area contributed by atoms with E-state index in [9.17, 15) is 0 Å². The van der Waals surface area contributed by atoms with E-state index in [1.165, 1.54) is 11.1 Å². The molecule has 2 N–H and O–H groups in total. The SMILES string of the molecule is CC.CN=C/C(=C\C(C)C)c1ccc(C(C)(C)NCCO)cc1. The Morgan fingerprint density at radius 3 is 2.22 bits per heavy atom. The van der Waals surface area contributed by atoms with Crippen molar-refractivity contribution in [1.29, 1.82) is 0 Å². The van der Waals surface area contributed by atoms with E-state index >= 15 is 0 Å². The monoisotopic (exact) mass is 318 g/mol. The van der Waals surface area contributed by atoms with Crippen LogP contribution in [0.2, 0.25) is 0 Å². The normalized spacial score (nSPS) is 12.5. The maximum Gasteiger partial charge on any atom is 0.0556 e. The fourth-order valence-electron chi connectivity index (χ4n) is 2.26. The summed E-state index contributed by atoms with van der Waals surface area (Å²) >= 11 is 0. The van der Waals surface area contributed by atoms with Crippen molar-refractivity contribution in [3.05, 3.63) is 41.5 Å².